The van der Waals surface area contributed by atoms with E-state index in [1.807, 2.05) is 32.6 Å². The number of aromatic nitrogens is 6. The first-order valence-electron chi connectivity index (χ1n) is 12.0. The van der Waals surface area contributed by atoms with E-state index in [1.54, 1.807) is 21.8 Å². The van der Waals surface area contributed by atoms with Crippen molar-refractivity contribution in [3.63, 3.8) is 0 Å². The predicted molar refractivity (Wildman–Crippen MR) is 133 cm³/mol. The van der Waals surface area contributed by atoms with E-state index in [0.717, 1.165) is 0 Å². The first-order chi connectivity index (χ1) is 17.3. The standard InChI is InChI=1S/C23H33N9O4/c1-5-35-14-16-18-19(32(29-16)12-13-33)20(26-17-6-7-24-15-25-17)28-21(27-18)30-8-10-31(11-9-30)22(34)36-23(2,3)4/h6-7,15,33H,5,8-14H2,1-4H3,(H,24,25,26,27,28). The molecule has 1 amide bonds. The van der Waals surface area contributed by atoms with Gasteiger partial charge < -0.3 is 29.7 Å². The van der Waals surface area contributed by atoms with E-state index < -0.39 is 5.60 Å². The summed E-state index contributed by atoms with van der Waals surface area (Å²) in [5.74, 6) is 1.57. The van der Waals surface area contributed by atoms with Crippen LogP contribution in [-0.2, 0) is 22.6 Å². The second kappa shape index (κ2) is 11.0. The van der Waals surface area contributed by atoms with Gasteiger partial charge in [-0.1, -0.05) is 0 Å². The molecule has 3 aromatic rings. The van der Waals surface area contributed by atoms with Crippen LogP contribution in [0, 0.1) is 0 Å². The summed E-state index contributed by atoms with van der Waals surface area (Å²) in [4.78, 5) is 34.1. The summed E-state index contributed by atoms with van der Waals surface area (Å²) < 4.78 is 12.8. The molecule has 1 fully saturated rings. The highest BCUT2D eigenvalue weighted by Gasteiger charge is 2.28. The molecule has 0 unspecified atom stereocenters. The van der Waals surface area contributed by atoms with Gasteiger partial charge in [0.1, 0.15) is 34.5 Å². The molecular weight excluding hydrogens is 466 g/mol. The molecule has 0 aromatic carbocycles. The molecule has 0 aliphatic carbocycles. The van der Waals surface area contributed by atoms with Crippen molar-refractivity contribution in [3.8, 4) is 0 Å². The molecule has 1 aliphatic heterocycles. The molecule has 4 rings (SSSR count). The van der Waals surface area contributed by atoms with Gasteiger partial charge >= 0.3 is 6.09 Å². The van der Waals surface area contributed by atoms with Gasteiger partial charge in [-0.2, -0.15) is 10.1 Å². The first kappa shape index (κ1) is 25.5. The van der Waals surface area contributed by atoms with Crippen molar-refractivity contribution in [2.45, 2.75) is 46.4 Å². The van der Waals surface area contributed by atoms with Gasteiger partial charge in [0.2, 0.25) is 5.95 Å². The highest BCUT2D eigenvalue weighted by atomic mass is 16.6. The first-order valence-corrected chi connectivity index (χ1v) is 12.0. The second-order valence-electron chi connectivity index (χ2n) is 9.27. The lowest BCUT2D eigenvalue weighted by atomic mass is 10.2. The maximum absolute atomic E-state index is 12.5. The summed E-state index contributed by atoms with van der Waals surface area (Å²) in [5, 5.41) is 17.5. The molecule has 0 radical (unpaired) electrons. The van der Waals surface area contributed by atoms with Gasteiger partial charge in [0.05, 0.1) is 19.8 Å². The van der Waals surface area contributed by atoms with Crippen molar-refractivity contribution < 1.29 is 19.4 Å². The smallest absolute Gasteiger partial charge is 0.410 e. The summed E-state index contributed by atoms with van der Waals surface area (Å²) in [6.07, 6.45) is 2.76. The lowest BCUT2D eigenvalue weighted by molar-refractivity contribution is 0.0240. The Morgan fingerprint density at radius 1 is 1.19 bits per heavy atom. The Morgan fingerprint density at radius 2 is 1.97 bits per heavy atom. The average Bonchev–Trinajstić information content (AvgIpc) is 3.20. The topological polar surface area (TPSA) is 144 Å². The number of hydrogen-bond acceptors (Lipinski definition) is 11. The third-order valence-electron chi connectivity index (χ3n) is 5.44. The van der Waals surface area contributed by atoms with Crippen LogP contribution in [0.1, 0.15) is 33.4 Å². The van der Waals surface area contributed by atoms with E-state index in [2.05, 4.69) is 20.4 Å². The molecule has 4 heterocycles. The zero-order valence-corrected chi connectivity index (χ0v) is 21.1. The van der Waals surface area contributed by atoms with E-state index in [0.29, 0.717) is 67.1 Å². The Bertz CT molecular complexity index is 1170. The van der Waals surface area contributed by atoms with Gasteiger partial charge in [0.15, 0.2) is 5.82 Å². The molecule has 36 heavy (non-hydrogen) atoms. The quantitative estimate of drug-likeness (QED) is 0.469. The number of aliphatic hydroxyl groups excluding tert-OH is 1. The van der Waals surface area contributed by atoms with Crippen LogP contribution in [0.25, 0.3) is 11.0 Å². The van der Waals surface area contributed by atoms with Gasteiger partial charge in [-0.15, -0.1) is 0 Å². The van der Waals surface area contributed by atoms with Crippen LogP contribution >= 0.6 is 0 Å². The van der Waals surface area contributed by atoms with E-state index in [1.165, 1.54) is 6.33 Å². The molecule has 3 aromatic heterocycles. The average molecular weight is 500 g/mol. The van der Waals surface area contributed by atoms with Gasteiger partial charge in [-0.25, -0.2) is 19.7 Å². The molecule has 0 atom stereocenters. The largest absolute Gasteiger partial charge is 0.444 e. The lowest BCUT2D eigenvalue weighted by Gasteiger charge is -2.35. The minimum atomic E-state index is -0.546. The van der Waals surface area contributed by atoms with Crippen molar-refractivity contribution in [2.75, 3.05) is 49.6 Å². The van der Waals surface area contributed by atoms with Gasteiger partial charge in [-0.3, -0.25) is 4.68 Å². The van der Waals surface area contributed by atoms with Gasteiger partial charge in [0.25, 0.3) is 0 Å². The van der Waals surface area contributed by atoms with Gasteiger partial charge in [-0.05, 0) is 33.8 Å². The second-order valence-corrected chi connectivity index (χ2v) is 9.27. The van der Waals surface area contributed by atoms with Crippen LogP contribution in [-0.4, -0.2) is 90.8 Å². The molecule has 0 spiro atoms. The Balaban J connectivity index is 1.67. The number of fused-ring (bicyclic) bond motifs is 1. The Labute approximate surface area is 209 Å². The molecule has 13 heteroatoms. The number of piperazine rings is 1. The number of nitrogens with zero attached hydrogens (tertiary/aromatic N) is 8. The maximum atomic E-state index is 12.5. The normalized spacial score (nSPS) is 14.4. The van der Waals surface area contributed by atoms with E-state index in [-0.39, 0.29) is 25.9 Å². The van der Waals surface area contributed by atoms with Crippen molar-refractivity contribution in [1.29, 1.82) is 0 Å². The fourth-order valence-electron chi connectivity index (χ4n) is 3.81. The molecule has 0 saturated carbocycles. The van der Waals surface area contributed by atoms with Crippen molar-refractivity contribution >= 4 is 34.7 Å². The Kier molecular flexibility index (Phi) is 7.79. The summed E-state index contributed by atoms with van der Waals surface area (Å²) in [6.45, 7) is 10.5. The van der Waals surface area contributed by atoms with Crippen molar-refractivity contribution in [1.82, 2.24) is 34.6 Å². The number of anilines is 3. The van der Waals surface area contributed by atoms with Crippen LogP contribution in [0.15, 0.2) is 18.6 Å². The molecular formula is C23H33N9O4. The predicted octanol–water partition coefficient (Wildman–Crippen LogP) is 1.95. The highest BCUT2D eigenvalue weighted by molar-refractivity contribution is 5.90. The van der Waals surface area contributed by atoms with E-state index in [4.69, 9.17) is 19.4 Å². The Hall–Kier alpha value is -3.58. The van der Waals surface area contributed by atoms with Gasteiger partial charge in [0, 0.05) is 39.0 Å². The van der Waals surface area contributed by atoms with E-state index in [9.17, 15) is 9.90 Å². The van der Waals surface area contributed by atoms with Crippen LogP contribution in [0.2, 0.25) is 0 Å². The van der Waals surface area contributed by atoms with Crippen LogP contribution in [0.3, 0.4) is 0 Å². The SMILES string of the molecule is CCOCc1nn(CCO)c2c(Nc3ccncn3)nc(N3CCN(C(=O)OC(C)(C)C)CC3)nc12. The molecule has 1 saturated heterocycles. The number of rotatable bonds is 8. The molecule has 2 N–H and O–H groups in total. The third-order valence-corrected chi connectivity index (χ3v) is 5.44. The summed E-state index contributed by atoms with van der Waals surface area (Å²) in [6, 6.07) is 1.74. The molecule has 194 valence electrons. The Morgan fingerprint density at radius 3 is 2.61 bits per heavy atom. The van der Waals surface area contributed by atoms with Crippen LogP contribution in [0.4, 0.5) is 22.4 Å². The highest BCUT2D eigenvalue weighted by Crippen LogP contribution is 2.29. The lowest BCUT2D eigenvalue weighted by Crippen LogP contribution is -2.50. The molecule has 13 nitrogen and oxygen atoms in total. The summed E-state index contributed by atoms with van der Waals surface area (Å²) >= 11 is 0. The minimum Gasteiger partial charge on any atom is -0.444 e. The zero-order valence-electron chi connectivity index (χ0n) is 21.1. The number of ether oxygens (including phenoxy) is 2. The van der Waals surface area contributed by atoms with Crippen LogP contribution < -0.4 is 10.2 Å². The number of carbonyl (C=O) groups excluding carboxylic acids is 1. The number of hydrogen-bond donors (Lipinski definition) is 2. The summed E-state index contributed by atoms with van der Waals surface area (Å²) in [7, 11) is 0. The fraction of sp³-hybridized carbons (Fsp3) is 0.565. The number of amides is 1. The van der Waals surface area contributed by atoms with E-state index >= 15 is 0 Å². The number of aliphatic hydroxyl groups is 1. The fourth-order valence-corrected chi connectivity index (χ4v) is 3.81. The zero-order chi connectivity index (χ0) is 25.7. The van der Waals surface area contributed by atoms with Crippen molar-refractivity contribution in [3.05, 3.63) is 24.3 Å². The third kappa shape index (κ3) is 5.97. The maximum Gasteiger partial charge on any atom is 0.410 e. The monoisotopic (exact) mass is 499 g/mol. The number of carbonyl (C=O) groups is 1. The number of nitrogens with one attached hydrogen (secondary N) is 1. The van der Waals surface area contributed by atoms with Crippen LogP contribution in [0.5, 0.6) is 0 Å². The molecule has 1 aliphatic rings. The minimum absolute atomic E-state index is 0.0911. The van der Waals surface area contributed by atoms with Crippen molar-refractivity contribution in [2.24, 2.45) is 0 Å². The molecule has 0 bridgehead atoms. The summed E-state index contributed by atoms with van der Waals surface area (Å²) in [5.41, 5.74) is 1.39.